The molecule has 182 valence electrons. The van der Waals surface area contributed by atoms with Gasteiger partial charge in [-0.2, -0.15) is 0 Å². The highest BCUT2D eigenvalue weighted by atomic mass is 16.5. The third kappa shape index (κ3) is 5.26. The maximum absolute atomic E-state index is 12.7. The van der Waals surface area contributed by atoms with E-state index in [1.807, 2.05) is 48.3 Å². The van der Waals surface area contributed by atoms with Gasteiger partial charge in [0.1, 0.15) is 17.4 Å². The van der Waals surface area contributed by atoms with Gasteiger partial charge in [0.25, 0.3) is 0 Å². The van der Waals surface area contributed by atoms with Crippen LogP contribution in [0.2, 0.25) is 0 Å². The normalized spacial score (nSPS) is 11.4. The van der Waals surface area contributed by atoms with Crippen molar-refractivity contribution < 1.29 is 19.4 Å². The Bertz CT molecular complexity index is 1500. The van der Waals surface area contributed by atoms with Crippen LogP contribution in [0.5, 0.6) is 5.75 Å². The van der Waals surface area contributed by atoms with Crippen molar-refractivity contribution in [2.75, 3.05) is 20.2 Å². The van der Waals surface area contributed by atoms with Crippen LogP contribution in [0.4, 0.5) is 0 Å². The van der Waals surface area contributed by atoms with E-state index in [0.717, 1.165) is 39.3 Å². The number of ether oxygens (including phenoxy) is 1. The molecule has 0 saturated carbocycles. The van der Waals surface area contributed by atoms with Crippen molar-refractivity contribution in [2.24, 2.45) is 0 Å². The van der Waals surface area contributed by atoms with Crippen LogP contribution < -0.4 is 4.74 Å². The molecule has 0 aliphatic heterocycles. The highest BCUT2D eigenvalue weighted by Gasteiger charge is 2.14. The number of ketones is 1. The lowest BCUT2D eigenvalue weighted by atomic mass is 10.1. The molecule has 0 radical (unpaired) electrons. The molecule has 5 aromatic rings. The standard InChI is InChI=1S/C27H25N5O4/c1-32(14-23(33)17-9-11-19(12-10-17)36-16-26(34)35)15-25-30-22-8-4-5-18(27(22)31-25)13-24-28-20-6-2-3-7-21(20)29-24/h2-12H,13-16H2,1H3,(H,28,29)(H,30,31)(H,34,35). The molecule has 3 aromatic carbocycles. The molecule has 0 saturated heterocycles. The molecule has 0 atom stereocenters. The number of aromatic amines is 2. The van der Waals surface area contributed by atoms with Crippen LogP contribution >= 0.6 is 0 Å². The number of carbonyl (C=O) groups excluding carboxylic acids is 1. The number of carboxylic acids is 1. The van der Waals surface area contributed by atoms with Crippen molar-refractivity contribution in [1.82, 2.24) is 24.8 Å². The fourth-order valence-electron chi connectivity index (χ4n) is 4.16. The van der Waals surface area contributed by atoms with Gasteiger partial charge in [-0.1, -0.05) is 24.3 Å². The fourth-order valence-corrected chi connectivity index (χ4v) is 4.16. The Labute approximate surface area is 206 Å². The molecule has 36 heavy (non-hydrogen) atoms. The Balaban J connectivity index is 1.24. The lowest BCUT2D eigenvalue weighted by molar-refractivity contribution is -0.139. The van der Waals surface area contributed by atoms with Crippen molar-refractivity contribution in [2.45, 2.75) is 13.0 Å². The molecule has 0 bridgehead atoms. The monoisotopic (exact) mass is 483 g/mol. The molecule has 0 unspecified atom stereocenters. The minimum atomic E-state index is -1.05. The number of imidazole rings is 2. The van der Waals surface area contributed by atoms with Gasteiger partial charge in [-0.15, -0.1) is 0 Å². The van der Waals surface area contributed by atoms with Crippen LogP contribution in [0, 0.1) is 0 Å². The van der Waals surface area contributed by atoms with E-state index in [4.69, 9.17) is 14.8 Å². The number of Topliss-reactive ketones (excluding diaryl/α,β-unsaturated/α-hetero) is 1. The first-order chi connectivity index (χ1) is 17.4. The molecule has 0 spiro atoms. The van der Waals surface area contributed by atoms with Gasteiger partial charge < -0.3 is 19.8 Å². The highest BCUT2D eigenvalue weighted by molar-refractivity contribution is 5.97. The summed E-state index contributed by atoms with van der Waals surface area (Å²) in [6.45, 7) is 0.260. The number of likely N-dealkylation sites (N-methyl/N-ethyl adjacent to an activating group) is 1. The lowest BCUT2D eigenvalue weighted by Gasteiger charge is -2.14. The quantitative estimate of drug-likeness (QED) is 0.258. The van der Waals surface area contributed by atoms with Gasteiger partial charge in [0, 0.05) is 12.0 Å². The van der Waals surface area contributed by atoms with Crippen molar-refractivity contribution in [1.29, 1.82) is 0 Å². The van der Waals surface area contributed by atoms with Crippen LogP contribution in [0.3, 0.4) is 0 Å². The van der Waals surface area contributed by atoms with Gasteiger partial charge in [-0.3, -0.25) is 9.69 Å². The summed E-state index contributed by atoms with van der Waals surface area (Å²) in [5.41, 5.74) is 5.38. The Morgan fingerprint density at radius 2 is 1.67 bits per heavy atom. The van der Waals surface area contributed by atoms with E-state index in [9.17, 15) is 9.59 Å². The second kappa shape index (κ2) is 10.0. The fraction of sp³-hybridized carbons (Fsp3) is 0.185. The lowest BCUT2D eigenvalue weighted by Crippen LogP contribution is -2.26. The van der Waals surface area contributed by atoms with E-state index < -0.39 is 12.6 Å². The first kappa shape index (κ1) is 23.3. The van der Waals surface area contributed by atoms with E-state index in [0.29, 0.717) is 24.3 Å². The molecule has 0 amide bonds. The average molecular weight is 484 g/mol. The Morgan fingerprint density at radius 1 is 0.917 bits per heavy atom. The van der Waals surface area contributed by atoms with E-state index in [2.05, 4.69) is 21.0 Å². The van der Waals surface area contributed by atoms with E-state index in [1.54, 1.807) is 24.3 Å². The van der Waals surface area contributed by atoms with Crippen molar-refractivity contribution >= 4 is 33.8 Å². The summed E-state index contributed by atoms with van der Waals surface area (Å²) < 4.78 is 5.11. The summed E-state index contributed by atoms with van der Waals surface area (Å²) in [5, 5.41) is 8.70. The molecule has 9 heteroatoms. The van der Waals surface area contributed by atoms with Gasteiger partial charge in [-0.05, 0) is 55.1 Å². The molecule has 0 aliphatic rings. The minimum Gasteiger partial charge on any atom is -0.482 e. The number of benzene rings is 3. The van der Waals surface area contributed by atoms with Crippen LogP contribution in [-0.4, -0.2) is 61.9 Å². The number of H-pyrrole nitrogens is 2. The Hall–Kier alpha value is -4.50. The van der Waals surface area contributed by atoms with Gasteiger partial charge in [0.05, 0.1) is 35.2 Å². The summed E-state index contributed by atoms with van der Waals surface area (Å²) in [5.74, 6) is 0.959. The summed E-state index contributed by atoms with van der Waals surface area (Å²) in [4.78, 5) is 41.5. The molecule has 0 fully saturated rings. The maximum Gasteiger partial charge on any atom is 0.341 e. The predicted octanol–water partition coefficient (Wildman–Crippen LogP) is 3.81. The summed E-state index contributed by atoms with van der Waals surface area (Å²) in [6, 6.07) is 20.5. The summed E-state index contributed by atoms with van der Waals surface area (Å²) in [7, 11) is 1.87. The van der Waals surface area contributed by atoms with Crippen LogP contribution in [0.15, 0.2) is 66.7 Å². The summed E-state index contributed by atoms with van der Waals surface area (Å²) >= 11 is 0. The van der Waals surface area contributed by atoms with Crippen molar-refractivity contribution in [3.05, 3.63) is 89.5 Å². The van der Waals surface area contributed by atoms with E-state index in [1.165, 1.54) is 0 Å². The highest BCUT2D eigenvalue weighted by Crippen LogP contribution is 2.21. The second-order valence-electron chi connectivity index (χ2n) is 8.68. The van der Waals surface area contributed by atoms with Crippen molar-refractivity contribution in [3.8, 4) is 5.75 Å². The second-order valence-corrected chi connectivity index (χ2v) is 8.68. The molecule has 9 nitrogen and oxygen atoms in total. The molecular weight excluding hydrogens is 458 g/mol. The first-order valence-corrected chi connectivity index (χ1v) is 11.5. The van der Waals surface area contributed by atoms with Crippen LogP contribution in [0.25, 0.3) is 22.1 Å². The Morgan fingerprint density at radius 3 is 2.44 bits per heavy atom. The van der Waals surface area contributed by atoms with Gasteiger partial charge in [0.2, 0.25) is 0 Å². The third-order valence-electron chi connectivity index (χ3n) is 5.81. The SMILES string of the molecule is CN(CC(=O)c1ccc(OCC(=O)O)cc1)Cc1nc2c(Cc3nc4ccccc4[nH]3)cccc2[nH]1. The largest absolute Gasteiger partial charge is 0.482 e. The number of carbonyl (C=O) groups is 2. The van der Waals surface area contributed by atoms with E-state index >= 15 is 0 Å². The minimum absolute atomic E-state index is 0.0519. The number of fused-ring (bicyclic) bond motifs is 2. The molecule has 3 N–H and O–H groups in total. The number of nitrogens with zero attached hydrogens (tertiary/aromatic N) is 3. The van der Waals surface area contributed by atoms with Crippen LogP contribution in [-0.2, 0) is 17.8 Å². The number of carboxylic acid groups (broad SMARTS) is 1. The average Bonchev–Trinajstić information content (AvgIpc) is 3.46. The molecule has 2 aromatic heterocycles. The molecule has 5 rings (SSSR count). The predicted molar refractivity (Wildman–Crippen MR) is 135 cm³/mol. The smallest absolute Gasteiger partial charge is 0.341 e. The number of hydrogen-bond donors (Lipinski definition) is 3. The zero-order chi connectivity index (χ0) is 25.1. The third-order valence-corrected chi connectivity index (χ3v) is 5.81. The number of aliphatic carboxylic acids is 1. The number of nitrogens with one attached hydrogen (secondary N) is 2. The van der Waals surface area contributed by atoms with Crippen molar-refractivity contribution in [3.63, 3.8) is 0 Å². The zero-order valence-electron chi connectivity index (χ0n) is 19.7. The van der Waals surface area contributed by atoms with E-state index in [-0.39, 0.29) is 12.3 Å². The molecular formula is C27H25N5O4. The number of hydrogen-bond acceptors (Lipinski definition) is 6. The molecule has 0 aliphatic carbocycles. The maximum atomic E-state index is 12.7. The van der Waals surface area contributed by atoms with Gasteiger partial charge in [0.15, 0.2) is 12.4 Å². The topological polar surface area (TPSA) is 124 Å². The number of aromatic nitrogens is 4. The zero-order valence-corrected chi connectivity index (χ0v) is 19.7. The first-order valence-electron chi connectivity index (χ1n) is 11.5. The van der Waals surface area contributed by atoms with Gasteiger partial charge in [-0.25, -0.2) is 14.8 Å². The Kier molecular flexibility index (Phi) is 6.46. The van der Waals surface area contributed by atoms with Crippen LogP contribution in [0.1, 0.15) is 27.6 Å². The number of rotatable bonds is 10. The number of para-hydroxylation sites is 3. The molecule has 2 heterocycles. The van der Waals surface area contributed by atoms with Gasteiger partial charge >= 0.3 is 5.97 Å². The summed E-state index contributed by atoms with van der Waals surface area (Å²) in [6.07, 6.45) is 0.636.